The first kappa shape index (κ1) is 20.8. The van der Waals surface area contributed by atoms with Crippen LogP contribution in [0.25, 0.3) is 0 Å². The van der Waals surface area contributed by atoms with Crippen LogP contribution in [0.3, 0.4) is 0 Å². The van der Waals surface area contributed by atoms with Crippen molar-refractivity contribution in [3.8, 4) is 0 Å². The number of carboxylic acids is 1. The highest BCUT2D eigenvalue weighted by Crippen LogP contribution is 2.18. The predicted molar refractivity (Wildman–Crippen MR) is 96.6 cm³/mol. The summed E-state index contributed by atoms with van der Waals surface area (Å²) in [6.07, 6.45) is -0.204. The molecule has 0 aliphatic carbocycles. The van der Waals surface area contributed by atoms with Crippen LogP contribution < -0.4 is 5.32 Å². The van der Waals surface area contributed by atoms with Gasteiger partial charge in [0.25, 0.3) is 5.91 Å². The Hall–Kier alpha value is -2.46. The van der Waals surface area contributed by atoms with Gasteiger partial charge in [-0.3, -0.25) is 14.4 Å². The predicted octanol–water partition coefficient (Wildman–Crippen LogP) is 0.132. The van der Waals surface area contributed by atoms with Gasteiger partial charge in [0, 0.05) is 44.7 Å². The average Bonchev–Trinajstić information content (AvgIpc) is 2.61. The first-order valence-electron chi connectivity index (χ1n) is 8.49. The van der Waals surface area contributed by atoms with Gasteiger partial charge < -0.3 is 15.3 Å². The molecule has 10 heteroatoms. The molecule has 1 unspecified atom stereocenters. The van der Waals surface area contributed by atoms with E-state index in [-0.39, 0.29) is 35.9 Å². The molecule has 1 saturated heterocycles. The fraction of sp³-hybridized carbons (Fsp3) is 0.471. The summed E-state index contributed by atoms with van der Waals surface area (Å²) in [6, 6.07) is 4.94. The molecule has 1 aromatic rings. The molecule has 0 saturated carbocycles. The van der Waals surface area contributed by atoms with Crippen LogP contribution >= 0.6 is 0 Å². The van der Waals surface area contributed by atoms with Gasteiger partial charge >= 0.3 is 5.97 Å². The van der Waals surface area contributed by atoms with Gasteiger partial charge in [0.05, 0.1) is 11.3 Å². The van der Waals surface area contributed by atoms with Crippen LogP contribution in [-0.4, -0.2) is 72.7 Å². The van der Waals surface area contributed by atoms with Gasteiger partial charge in [0.15, 0.2) is 0 Å². The van der Waals surface area contributed by atoms with E-state index in [0.717, 1.165) is 0 Å². The number of aliphatic carboxylic acids is 1. The maximum absolute atomic E-state index is 12.7. The lowest BCUT2D eigenvalue weighted by Crippen LogP contribution is -2.49. The van der Waals surface area contributed by atoms with E-state index in [1.54, 1.807) is 11.8 Å². The number of carboxylic acid groups (broad SMARTS) is 1. The van der Waals surface area contributed by atoms with Crippen molar-refractivity contribution in [1.82, 2.24) is 14.5 Å². The van der Waals surface area contributed by atoms with Crippen molar-refractivity contribution in [2.45, 2.75) is 31.2 Å². The highest BCUT2D eigenvalue weighted by molar-refractivity contribution is 7.89. The van der Waals surface area contributed by atoms with Gasteiger partial charge in [-0.1, -0.05) is 0 Å². The summed E-state index contributed by atoms with van der Waals surface area (Å²) >= 11 is 0. The summed E-state index contributed by atoms with van der Waals surface area (Å²) in [5.41, 5.74) is 0.243. The Labute approximate surface area is 158 Å². The molecule has 1 aliphatic heterocycles. The fourth-order valence-electron chi connectivity index (χ4n) is 2.79. The van der Waals surface area contributed by atoms with Crippen molar-refractivity contribution in [1.29, 1.82) is 0 Å². The second-order valence-corrected chi connectivity index (χ2v) is 8.34. The second-order valence-electron chi connectivity index (χ2n) is 6.41. The van der Waals surface area contributed by atoms with E-state index < -0.39 is 27.9 Å². The number of hydrogen-bond acceptors (Lipinski definition) is 5. The number of hydrogen-bond donors (Lipinski definition) is 2. The zero-order valence-electron chi connectivity index (χ0n) is 15.2. The zero-order chi connectivity index (χ0) is 20.2. The summed E-state index contributed by atoms with van der Waals surface area (Å²) in [7, 11) is -3.71. The number of sulfonamides is 1. The minimum atomic E-state index is -3.71. The molecule has 1 aliphatic rings. The maximum atomic E-state index is 12.7. The minimum absolute atomic E-state index is 0.0638. The Morgan fingerprint density at radius 2 is 1.67 bits per heavy atom. The molecule has 1 fully saturated rings. The fourth-order valence-corrected chi connectivity index (χ4v) is 4.21. The zero-order valence-corrected chi connectivity index (χ0v) is 16.0. The van der Waals surface area contributed by atoms with Crippen molar-refractivity contribution in [2.24, 2.45) is 0 Å². The third-order valence-corrected chi connectivity index (χ3v) is 6.21. The number of carbonyl (C=O) groups is 3. The van der Waals surface area contributed by atoms with Gasteiger partial charge in [-0.05, 0) is 31.2 Å². The lowest BCUT2D eigenvalue weighted by Gasteiger charge is -2.33. The van der Waals surface area contributed by atoms with Gasteiger partial charge in [0.1, 0.15) is 0 Å². The monoisotopic (exact) mass is 397 g/mol. The second kappa shape index (κ2) is 8.49. The molecule has 2 rings (SSSR count). The number of nitrogens with one attached hydrogen (secondary N) is 1. The molecule has 148 valence electrons. The van der Waals surface area contributed by atoms with Crippen molar-refractivity contribution >= 4 is 27.8 Å². The largest absolute Gasteiger partial charge is 0.481 e. The molecular weight excluding hydrogens is 374 g/mol. The Kier molecular flexibility index (Phi) is 6.55. The van der Waals surface area contributed by atoms with Gasteiger partial charge in [-0.25, -0.2) is 8.42 Å². The smallest absolute Gasteiger partial charge is 0.305 e. The van der Waals surface area contributed by atoms with Crippen LogP contribution in [0.2, 0.25) is 0 Å². The quantitative estimate of drug-likeness (QED) is 0.703. The number of benzene rings is 1. The number of nitrogens with zero attached hydrogens (tertiary/aromatic N) is 2. The van der Waals surface area contributed by atoms with Crippen LogP contribution in [-0.2, 0) is 19.6 Å². The lowest BCUT2D eigenvalue weighted by molar-refractivity contribution is -0.137. The molecule has 9 nitrogen and oxygen atoms in total. The molecule has 27 heavy (non-hydrogen) atoms. The van der Waals surface area contributed by atoms with Gasteiger partial charge in [-0.2, -0.15) is 4.31 Å². The summed E-state index contributed by atoms with van der Waals surface area (Å²) in [4.78, 5) is 35.8. The van der Waals surface area contributed by atoms with Crippen molar-refractivity contribution in [3.05, 3.63) is 29.8 Å². The van der Waals surface area contributed by atoms with E-state index in [2.05, 4.69) is 5.32 Å². The summed E-state index contributed by atoms with van der Waals surface area (Å²) < 4.78 is 26.7. The first-order valence-corrected chi connectivity index (χ1v) is 9.93. The maximum Gasteiger partial charge on any atom is 0.305 e. The standard InChI is InChI=1S/C17H23N3O6S/c1-12(11-16(22)23)18-17(24)14-3-5-15(6-4-14)27(25,26)20-9-7-19(8-10-20)13(2)21/h3-6,12H,7-11H2,1-2H3,(H,18,24)(H,22,23). The van der Waals surface area contributed by atoms with Gasteiger partial charge in [0.2, 0.25) is 15.9 Å². The molecule has 1 aromatic carbocycles. The molecule has 0 aromatic heterocycles. The summed E-state index contributed by atoms with van der Waals surface area (Å²) in [5, 5.41) is 11.3. The SMILES string of the molecule is CC(=O)N1CCN(S(=O)(=O)c2ccc(C(=O)NC(C)CC(=O)O)cc2)CC1. The summed E-state index contributed by atoms with van der Waals surface area (Å²) in [5.74, 6) is -1.57. The number of piperazine rings is 1. The number of amides is 2. The van der Waals surface area contributed by atoms with E-state index >= 15 is 0 Å². The molecule has 0 spiro atoms. The van der Waals surface area contributed by atoms with E-state index in [1.807, 2.05) is 0 Å². The topological polar surface area (TPSA) is 124 Å². The summed E-state index contributed by atoms with van der Waals surface area (Å²) in [6.45, 7) is 4.15. The van der Waals surface area contributed by atoms with Crippen LogP contribution in [0.15, 0.2) is 29.2 Å². The molecule has 0 bridgehead atoms. The molecule has 2 amide bonds. The van der Waals surface area contributed by atoms with Crippen LogP contribution in [0.4, 0.5) is 0 Å². The highest BCUT2D eigenvalue weighted by atomic mass is 32.2. The first-order chi connectivity index (χ1) is 12.6. The van der Waals surface area contributed by atoms with Crippen LogP contribution in [0.5, 0.6) is 0 Å². The van der Waals surface area contributed by atoms with Crippen LogP contribution in [0, 0.1) is 0 Å². The Balaban J connectivity index is 2.04. The Bertz CT molecular complexity index is 814. The van der Waals surface area contributed by atoms with Crippen LogP contribution in [0.1, 0.15) is 30.6 Å². The number of carbonyl (C=O) groups excluding carboxylic acids is 2. The van der Waals surface area contributed by atoms with E-state index in [0.29, 0.717) is 13.1 Å². The average molecular weight is 397 g/mol. The van der Waals surface area contributed by atoms with E-state index in [9.17, 15) is 22.8 Å². The lowest BCUT2D eigenvalue weighted by atomic mass is 10.2. The van der Waals surface area contributed by atoms with E-state index in [1.165, 1.54) is 35.5 Å². The Morgan fingerprint density at radius 1 is 1.11 bits per heavy atom. The van der Waals surface area contributed by atoms with Crippen molar-refractivity contribution < 1.29 is 27.9 Å². The van der Waals surface area contributed by atoms with Gasteiger partial charge in [-0.15, -0.1) is 0 Å². The Morgan fingerprint density at radius 3 is 2.15 bits per heavy atom. The molecule has 0 radical (unpaired) electrons. The molecule has 1 atom stereocenters. The van der Waals surface area contributed by atoms with E-state index in [4.69, 9.17) is 5.11 Å². The normalized spacial score (nSPS) is 16.6. The third-order valence-electron chi connectivity index (χ3n) is 4.30. The van der Waals surface area contributed by atoms with Crippen molar-refractivity contribution in [3.63, 3.8) is 0 Å². The highest BCUT2D eigenvalue weighted by Gasteiger charge is 2.29. The number of rotatable bonds is 6. The minimum Gasteiger partial charge on any atom is -0.481 e. The molecular formula is C17H23N3O6S. The third kappa shape index (κ3) is 5.27. The molecule has 2 N–H and O–H groups in total. The van der Waals surface area contributed by atoms with Crippen molar-refractivity contribution in [2.75, 3.05) is 26.2 Å². The molecule has 1 heterocycles.